The summed E-state index contributed by atoms with van der Waals surface area (Å²) in [7, 11) is 2.83. The van der Waals surface area contributed by atoms with E-state index in [0.29, 0.717) is 16.2 Å². The summed E-state index contributed by atoms with van der Waals surface area (Å²) in [4.78, 5) is 25.2. The summed E-state index contributed by atoms with van der Waals surface area (Å²) in [6.07, 6.45) is 1.04. The van der Waals surface area contributed by atoms with Crippen molar-refractivity contribution in [3.8, 4) is 0 Å². The second kappa shape index (κ2) is 6.04. The molecule has 1 saturated carbocycles. The molecule has 0 aromatic carbocycles. The molecule has 0 spiro atoms. The van der Waals surface area contributed by atoms with E-state index in [1.165, 1.54) is 20.5 Å². The SMILES string of the molecule is CON(C)C(=O)[C@H]1C[C@@H](n2ccc3c(Cl)ncnc32)[C@H](O)[C@@H]1O. The number of carbonyl (C=O) groups excluding carboxylic acids is 1. The fraction of sp³-hybridized carbons (Fsp3) is 0.500. The van der Waals surface area contributed by atoms with Gasteiger partial charge in [-0.25, -0.2) is 15.0 Å². The third-order valence-electron chi connectivity index (χ3n) is 4.37. The number of carbonyl (C=O) groups is 1. The van der Waals surface area contributed by atoms with Gasteiger partial charge in [0.05, 0.1) is 30.6 Å². The van der Waals surface area contributed by atoms with Gasteiger partial charge in [-0.2, -0.15) is 0 Å². The van der Waals surface area contributed by atoms with E-state index in [1.807, 2.05) is 0 Å². The van der Waals surface area contributed by atoms with Crippen molar-refractivity contribution >= 4 is 28.5 Å². The lowest BCUT2D eigenvalue weighted by Gasteiger charge is -2.20. The van der Waals surface area contributed by atoms with Crippen molar-refractivity contribution in [1.82, 2.24) is 19.6 Å². The van der Waals surface area contributed by atoms with E-state index >= 15 is 0 Å². The standard InChI is InChI=1S/C14H17ClN4O4/c1-18(23-2)14(22)8-5-9(11(21)10(8)20)19-4-3-7-12(15)16-6-17-13(7)19/h3-4,6,8-11,20-21H,5H2,1-2H3/t8-,9+,10+,11-/m0/s1. The Kier molecular flexibility index (Phi) is 4.24. The molecule has 8 nitrogen and oxygen atoms in total. The smallest absolute Gasteiger partial charge is 0.251 e. The van der Waals surface area contributed by atoms with Gasteiger partial charge in [-0.3, -0.25) is 9.63 Å². The van der Waals surface area contributed by atoms with Gasteiger partial charge in [0.1, 0.15) is 23.2 Å². The Bertz CT molecular complexity index is 737. The van der Waals surface area contributed by atoms with Crippen LogP contribution in [-0.2, 0) is 9.63 Å². The van der Waals surface area contributed by atoms with Crippen molar-refractivity contribution in [1.29, 1.82) is 0 Å². The third-order valence-corrected chi connectivity index (χ3v) is 4.67. The van der Waals surface area contributed by atoms with Crippen LogP contribution in [-0.4, -0.2) is 62.1 Å². The number of aliphatic hydroxyl groups is 2. The first-order valence-corrected chi connectivity index (χ1v) is 7.48. The van der Waals surface area contributed by atoms with E-state index < -0.39 is 24.2 Å². The number of hydrogen-bond acceptors (Lipinski definition) is 6. The van der Waals surface area contributed by atoms with Crippen LogP contribution in [0, 0.1) is 5.92 Å². The Morgan fingerprint density at radius 2 is 2.17 bits per heavy atom. The molecule has 1 amide bonds. The second-order valence-corrected chi connectivity index (χ2v) is 5.89. The molecular weight excluding hydrogens is 324 g/mol. The highest BCUT2D eigenvalue weighted by atomic mass is 35.5. The van der Waals surface area contributed by atoms with E-state index in [-0.39, 0.29) is 12.3 Å². The van der Waals surface area contributed by atoms with Crippen molar-refractivity contribution < 1.29 is 19.8 Å². The fourth-order valence-electron chi connectivity index (χ4n) is 3.06. The summed E-state index contributed by atoms with van der Waals surface area (Å²) in [5.74, 6) is -1.14. The van der Waals surface area contributed by atoms with Crippen LogP contribution in [0.4, 0.5) is 0 Å². The second-order valence-electron chi connectivity index (χ2n) is 5.53. The lowest BCUT2D eigenvalue weighted by atomic mass is 10.0. The average molecular weight is 341 g/mol. The molecule has 2 aromatic rings. The van der Waals surface area contributed by atoms with Crippen LogP contribution in [0.15, 0.2) is 18.6 Å². The molecule has 2 heterocycles. The predicted molar refractivity (Wildman–Crippen MR) is 81.5 cm³/mol. The molecule has 1 aliphatic carbocycles. The maximum atomic E-state index is 12.2. The molecule has 4 atom stereocenters. The number of rotatable bonds is 3. The number of halogens is 1. The lowest BCUT2D eigenvalue weighted by molar-refractivity contribution is -0.177. The van der Waals surface area contributed by atoms with Crippen molar-refractivity contribution in [2.45, 2.75) is 24.7 Å². The average Bonchev–Trinajstić information content (AvgIpc) is 3.09. The van der Waals surface area contributed by atoms with E-state index in [1.54, 1.807) is 16.8 Å². The Balaban J connectivity index is 1.94. The molecule has 1 fully saturated rings. The number of amides is 1. The molecule has 0 unspecified atom stereocenters. The molecule has 3 rings (SSSR count). The van der Waals surface area contributed by atoms with Crippen molar-refractivity contribution in [3.05, 3.63) is 23.7 Å². The van der Waals surface area contributed by atoms with Gasteiger partial charge >= 0.3 is 0 Å². The lowest BCUT2D eigenvalue weighted by Crippen LogP contribution is -2.38. The third kappa shape index (κ3) is 2.57. The number of aliphatic hydroxyl groups excluding tert-OH is 2. The Morgan fingerprint density at radius 3 is 2.87 bits per heavy atom. The summed E-state index contributed by atoms with van der Waals surface area (Å²) in [6.45, 7) is 0. The first kappa shape index (κ1) is 16.1. The molecule has 124 valence electrons. The number of fused-ring (bicyclic) bond motifs is 1. The van der Waals surface area contributed by atoms with E-state index in [0.717, 1.165) is 5.06 Å². The fourth-order valence-corrected chi connectivity index (χ4v) is 3.25. The minimum atomic E-state index is -1.18. The van der Waals surface area contributed by atoms with Gasteiger partial charge in [-0.15, -0.1) is 0 Å². The molecule has 0 saturated heterocycles. The van der Waals surface area contributed by atoms with Crippen LogP contribution in [0.2, 0.25) is 5.15 Å². The normalized spacial score (nSPS) is 27.5. The minimum Gasteiger partial charge on any atom is -0.390 e. The monoisotopic (exact) mass is 340 g/mol. The molecule has 0 aliphatic heterocycles. The van der Waals surface area contributed by atoms with Gasteiger partial charge in [0.25, 0.3) is 5.91 Å². The minimum absolute atomic E-state index is 0.264. The number of hydrogen-bond donors (Lipinski definition) is 2. The highest BCUT2D eigenvalue weighted by Gasteiger charge is 2.47. The quantitative estimate of drug-likeness (QED) is 0.619. The Morgan fingerprint density at radius 1 is 1.43 bits per heavy atom. The summed E-state index contributed by atoms with van der Waals surface area (Å²) in [5.41, 5.74) is 0.550. The van der Waals surface area contributed by atoms with E-state index in [4.69, 9.17) is 16.4 Å². The van der Waals surface area contributed by atoms with Crippen LogP contribution >= 0.6 is 11.6 Å². The zero-order chi connectivity index (χ0) is 16.7. The molecule has 2 N–H and O–H groups in total. The van der Waals surface area contributed by atoms with E-state index in [2.05, 4.69) is 9.97 Å². The molecular formula is C14H17ClN4O4. The summed E-state index contributed by atoms with van der Waals surface area (Å²) >= 11 is 6.03. The van der Waals surface area contributed by atoms with Crippen molar-refractivity contribution in [2.24, 2.45) is 5.92 Å². The topological polar surface area (TPSA) is 101 Å². The van der Waals surface area contributed by atoms with Gasteiger partial charge in [-0.05, 0) is 12.5 Å². The maximum absolute atomic E-state index is 12.2. The largest absolute Gasteiger partial charge is 0.390 e. The van der Waals surface area contributed by atoms with Crippen LogP contribution < -0.4 is 0 Å². The van der Waals surface area contributed by atoms with Gasteiger partial charge in [0.15, 0.2) is 0 Å². The van der Waals surface area contributed by atoms with Gasteiger partial charge in [0, 0.05) is 13.2 Å². The van der Waals surface area contributed by atoms with Crippen LogP contribution in [0.25, 0.3) is 11.0 Å². The molecule has 23 heavy (non-hydrogen) atoms. The van der Waals surface area contributed by atoms with Crippen molar-refractivity contribution in [3.63, 3.8) is 0 Å². The van der Waals surface area contributed by atoms with E-state index in [9.17, 15) is 15.0 Å². The molecule has 0 radical (unpaired) electrons. The molecule has 0 bridgehead atoms. The number of nitrogens with zero attached hydrogens (tertiary/aromatic N) is 4. The zero-order valence-electron chi connectivity index (χ0n) is 12.6. The highest BCUT2D eigenvalue weighted by Crippen LogP contribution is 2.38. The molecule has 1 aliphatic rings. The maximum Gasteiger partial charge on any atom is 0.251 e. The highest BCUT2D eigenvalue weighted by molar-refractivity contribution is 6.33. The summed E-state index contributed by atoms with van der Waals surface area (Å²) in [5, 5.41) is 22.6. The molecule has 2 aromatic heterocycles. The first-order chi connectivity index (χ1) is 11.0. The number of aromatic nitrogens is 3. The van der Waals surface area contributed by atoms with Crippen molar-refractivity contribution in [2.75, 3.05) is 14.2 Å². The predicted octanol–water partition coefficient (Wildman–Crippen LogP) is 0.387. The van der Waals surface area contributed by atoms with Crippen LogP contribution in [0.5, 0.6) is 0 Å². The van der Waals surface area contributed by atoms with Gasteiger partial charge in [0.2, 0.25) is 0 Å². The molecule has 9 heteroatoms. The Labute approximate surface area is 137 Å². The van der Waals surface area contributed by atoms with Gasteiger partial charge < -0.3 is 14.8 Å². The van der Waals surface area contributed by atoms with Crippen LogP contribution in [0.3, 0.4) is 0 Å². The first-order valence-electron chi connectivity index (χ1n) is 7.10. The number of hydroxylamine groups is 2. The van der Waals surface area contributed by atoms with Gasteiger partial charge in [-0.1, -0.05) is 11.6 Å². The summed E-state index contributed by atoms with van der Waals surface area (Å²) < 4.78 is 1.72. The van der Waals surface area contributed by atoms with Crippen LogP contribution in [0.1, 0.15) is 12.5 Å². The Hall–Kier alpha value is -1.74. The zero-order valence-corrected chi connectivity index (χ0v) is 13.4. The summed E-state index contributed by atoms with van der Waals surface area (Å²) in [6, 6.07) is 1.25.